The van der Waals surface area contributed by atoms with E-state index in [2.05, 4.69) is 11.9 Å². The minimum Gasteiger partial charge on any atom is -0.481 e. The van der Waals surface area contributed by atoms with Crippen molar-refractivity contribution in [2.45, 2.75) is 11.3 Å². The van der Waals surface area contributed by atoms with E-state index in [1.807, 2.05) is 12.1 Å². The van der Waals surface area contributed by atoms with Crippen LogP contribution in [0.1, 0.15) is 16.8 Å². The molecule has 1 aliphatic rings. The summed E-state index contributed by atoms with van der Waals surface area (Å²) < 4.78 is 0. The van der Waals surface area contributed by atoms with Crippen LogP contribution in [0, 0.1) is 0 Å². The van der Waals surface area contributed by atoms with Gasteiger partial charge in [-0.2, -0.15) is 11.8 Å². The quantitative estimate of drug-likeness (QED) is 0.621. The zero-order valence-corrected chi connectivity index (χ0v) is 11.8. The van der Waals surface area contributed by atoms with Crippen molar-refractivity contribution in [3.05, 3.63) is 35.4 Å². The summed E-state index contributed by atoms with van der Waals surface area (Å²) in [6.45, 7) is 3.83. The Balaban J connectivity index is 1.91. The number of Topliss-reactive ketones (excluding diaryl/α,β-unsaturated/α-hetero) is 1. The number of rotatable bonds is 6. The molecule has 19 heavy (non-hydrogen) atoms. The topological polar surface area (TPSA) is 66.4 Å². The highest BCUT2D eigenvalue weighted by Crippen LogP contribution is 2.40. The summed E-state index contributed by atoms with van der Waals surface area (Å²) in [5.41, 5.74) is 1.63. The van der Waals surface area contributed by atoms with E-state index in [0.29, 0.717) is 17.1 Å². The van der Waals surface area contributed by atoms with Crippen LogP contribution in [-0.2, 0) is 4.79 Å². The number of carbonyl (C=O) groups is 2. The van der Waals surface area contributed by atoms with Crippen LogP contribution in [0.15, 0.2) is 34.7 Å². The average molecular weight is 295 g/mol. The number of benzene rings is 1. The van der Waals surface area contributed by atoms with Gasteiger partial charge in [-0.1, -0.05) is 18.3 Å². The number of hydrogen-bond acceptors (Lipinski definition) is 5. The third kappa shape index (κ3) is 3.78. The second-order valence-corrected chi connectivity index (χ2v) is 6.22. The molecule has 0 amide bonds. The fourth-order valence-corrected chi connectivity index (χ4v) is 3.26. The van der Waals surface area contributed by atoms with Gasteiger partial charge in [-0.3, -0.25) is 9.59 Å². The van der Waals surface area contributed by atoms with E-state index in [4.69, 9.17) is 5.11 Å². The first-order chi connectivity index (χ1) is 9.06. The molecule has 1 heterocycles. The molecule has 2 rings (SSSR count). The molecule has 0 fully saturated rings. The van der Waals surface area contributed by atoms with Gasteiger partial charge in [0.15, 0.2) is 5.78 Å². The first-order valence-corrected chi connectivity index (χ1v) is 7.64. The average Bonchev–Trinajstić information content (AvgIpc) is 2.73. The van der Waals surface area contributed by atoms with E-state index in [1.54, 1.807) is 6.07 Å². The largest absolute Gasteiger partial charge is 0.481 e. The van der Waals surface area contributed by atoms with E-state index in [1.165, 1.54) is 23.5 Å². The normalized spacial score (nSPS) is 12.9. The summed E-state index contributed by atoms with van der Waals surface area (Å²) in [4.78, 5) is 23.3. The van der Waals surface area contributed by atoms with Crippen LogP contribution < -0.4 is 5.32 Å². The number of carbonyl (C=O) groups excluding carboxylic acids is 1. The van der Waals surface area contributed by atoms with Gasteiger partial charge in [0.25, 0.3) is 0 Å². The van der Waals surface area contributed by atoms with E-state index in [0.717, 1.165) is 15.6 Å². The van der Waals surface area contributed by atoms with E-state index in [-0.39, 0.29) is 12.2 Å². The van der Waals surface area contributed by atoms with E-state index >= 15 is 0 Å². The first-order valence-electron chi connectivity index (χ1n) is 5.67. The molecule has 0 unspecified atom stereocenters. The standard InChI is InChI=1S/C13H13NO3S2/c1-8-14-10-3-2-9(6-12(10)19-8)11(15)7-18-5-4-13(16)17/h2-3,6,14H,1,4-5,7H2,(H,16,17). The van der Waals surface area contributed by atoms with E-state index < -0.39 is 5.97 Å². The predicted octanol–water partition coefficient (Wildman–Crippen LogP) is 3.07. The number of nitrogens with one attached hydrogen (secondary N) is 1. The molecule has 1 aliphatic heterocycles. The minimum atomic E-state index is -0.835. The summed E-state index contributed by atoms with van der Waals surface area (Å²) in [6.07, 6.45) is 0.0851. The summed E-state index contributed by atoms with van der Waals surface area (Å²) >= 11 is 2.86. The molecule has 0 bridgehead atoms. The van der Waals surface area contributed by atoms with Gasteiger partial charge in [0.05, 0.1) is 22.9 Å². The fraction of sp³-hybridized carbons (Fsp3) is 0.231. The Kier molecular flexibility index (Phi) is 4.55. The van der Waals surface area contributed by atoms with Crippen molar-refractivity contribution in [1.82, 2.24) is 0 Å². The number of fused-ring (bicyclic) bond motifs is 1. The second-order valence-electron chi connectivity index (χ2n) is 3.98. The summed E-state index contributed by atoms with van der Waals surface area (Å²) in [5.74, 6) is -0.0423. The monoisotopic (exact) mass is 295 g/mol. The maximum absolute atomic E-state index is 12.0. The SMILES string of the molecule is C=C1Nc2ccc(C(=O)CSCCC(=O)O)cc2S1. The van der Waals surface area contributed by atoms with Crippen molar-refractivity contribution < 1.29 is 14.7 Å². The molecular weight excluding hydrogens is 282 g/mol. The zero-order chi connectivity index (χ0) is 13.8. The van der Waals surface area contributed by atoms with E-state index in [9.17, 15) is 9.59 Å². The maximum atomic E-state index is 12.0. The van der Waals surface area contributed by atoms with Crippen LogP contribution in [0.25, 0.3) is 0 Å². The molecular formula is C13H13NO3S2. The summed E-state index contributed by atoms with van der Waals surface area (Å²) in [5, 5.41) is 12.5. The number of hydrogen-bond donors (Lipinski definition) is 2. The van der Waals surface area contributed by atoms with Gasteiger partial charge >= 0.3 is 5.97 Å². The van der Waals surface area contributed by atoms with Gasteiger partial charge in [0.1, 0.15) is 0 Å². The van der Waals surface area contributed by atoms with Crippen molar-refractivity contribution in [2.75, 3.05) is 16.8 Å². The Morgan fingerprint density at radius 1 is 1.42 bits per heavy atom. The highest BCUT2D eigenvalue weighted by Gasteiger charge is 2.16. The molecule has 0 saturated heterocycles. The number of carboxylic acids is 1. The van der Waals surface area contributed by atoms with Crippen molar-refractivity contribution in [3.63, 3.8) is 0 Å². The highest BCUT2D eigenvalue weighted by molar-refractivity contribution is 8.03. The van der Waals surface area contributed by atoms with Crippen LogP contribution in [0.5, 0.6) is 0 Å². The van der Waals surface area contributed by atoms with Crippen LogP contribution in [-0.4, -0.2) is 28.4 Å². The van der Waals surface area contributed by atoms with Crippen molar-refractivity contribution in [2.24, 2.45) is 0 Å². The van der Waals surface area contributed by atoms with Crippen LogP contribution in [0.2, 0.25) is 0 Å². The fourth-order valence-electron chi connectivity index (χ4n) is 1.60. The van der Waals surface area contributed by atoms with Crippen LogP contribution in [0.3, 0.4) is 0 Å². The minimum absolute atomic E-state index is 0.0244. The molecule has 6 heteroatoms. The predicted molar refractivity (Wildman–Crippen MR) is 79.0 cm³/mol. The third-order valence-electron chi connectivity index (χ3n) is 2.50. The first kappa shape index (κ1) is 14.0. The van der Waals surface area contributed by atoms with Gasteiger partial charge in [0.2, 0.25) is 0 Å². The molecule has 0 spiro atoms. The molecule has 0 radical (unpaired) electrons. The van der Waals surface area contributed by atoms with Crippen molar-refractivity contribution in [3.8, 4) is 0 Å². The third-order valence-corrected chi connectivity index (χ3v) is 4.37. The van der Waals surface area contributed by atoms with Gasteiger partial charge in [-0.25, -0.2) is 0 Å². The Bertz CT molecular complexity index is 543. The highest BCUT2D eigenvalue weighted by atomic mass is 32.2. The lowest BCUT2D eigenvalue weighted by atomic mass is 10.1. The molecule has 0 atom stereocenters. The Hall–Kier alpha value is -1.40. The van der Waals surface area contributed by atoms with Crippen LogP contribution in [0.4, 0.5) is 5.69 Å². The second kappa shape index (κ2) is 6.16. The molecule has 100 valence electrons. The lowest BCUT2D eigenvalue weighted by molar-refractivity contribution is -0.136. The zero-order valence-electron chi connectivity index (χ0n) is 10.1. The summed E-state index contributed by atoms with van der Waals surface area (Å²) in [6, 6.07) is 5.51. The van der Waals surface area contributed by atoms with Crippen molar-refractivity contribution in [1.29, 1.82) is 0 Å². The number of ketones is 1. The van der Waals surface area contributed by atoms with Gasteiger partial charge < -0.3 is 10.4 Å². The number of thioether (sulfide) groups is 2. The molecule has 0 saturated carbocycles. The number of anilines is 1. The molecule has 4 nitrogen and oxygen atoms in total. The maximum Gasteiger partial charge on any atom is 0.304 e. The lowest BCUT2D eigenvalue weighted by Gasteiger charge is -2.03. The molecule has 0 aliphatic carbocycles. The van der Waals surface area contributed by atoms with Crippen LogP contribution >= 0.6 is 23.5 Å². The molecule has 1 aromatic carbocycles. The molecule has 2 N–H and O–H groups in total. The van der Waals surface area contributed by atoms with Crippen molar-refractivity contribution >= 4 is 41.0 Å². The Morgan fingerprint density at radius 3 is 2.95 bits per heavy atom. The Labute approximate surface area is 119 Å². The lowest BCUT2D eigenvalue weighted by Crippen LogP contribution is -2.04. The molecule has 1 aromatic rings. The van der Waals surface area contributed by atoms with Gasteiger partial charge in [0, 0.05) is 16.2 Å². The smallest absolute Gasteiger partial charge is 0.304 e. The van der Waals surface area contributed by atoms with Gasteiger partial charge in [-0.15, -0.1) is 0 Å². The molecule has 0 aromatic heterocycles. The van der Waals surface area contributed by atoms with Gasteiger partial charge in [-0.05, 0) is 18.2 Å². The number of carboxylic acid groups (broad SMARTS) is 1. The summed E-state index contributed by atoms with van der Waals surface area (Å²) in [7, 11) is 0. The Morgan fingerprint density at radius 2 is 2.21 bits per heavy atom. The number of aliphatic carboxylic acids is 1.